The molecule has 4 heteroatoms. The third-order valence-corrected chi connectivity index (χ3v) is 1.68. The molecule has 15 heavy (non-hydrogen) atoms. The molecule has 0 fully saturated rings. The van der Waals surface area contributed by atoms with E-state index in [1.54, 1.807) is 0 Å². The Morgan fingerprint density at radius 3 is 2.80 bits per heavy atom. The van der Waals surface area contributed by atoms with Crippen molar-refractivity contribution in [1.82, 2.24) is 0 Å². The van der Waals surface area contributed by atoms with Crippen LogP contribution < -0.4 is 0 Å². The van der Waals surface area contributed by atoms with Crippen LogP contribution in [-0.4, -0.2) is 24.5 Å². The lowest BCUT2D eigenvalue weighted by atomic mass is 10.1. The summed E-state index contributed by atoms with van der Waals surface area (Å²) in [4.78, 5) is 21.1. The lowest BCUT2D eigenvalue weighted by Crippen LogP contribution is -2.01. The number of esters is 1. The smallest absolute Gasteiger partial charge is 0.341 e. The van der Waals surface area contributed by atoms with Crippen LogP contribution in [0.1, 0.15) is 15.9 Å². The third kappa shape index (κ3) is 2.58. The van der Waals surface area contributed by atoms with E-state index in [1.165, 1.54) is 25.3 Å². The summed E-state index contributed by atoms with van der Waals surface area (Å²) in [6.45, 7) is 0. The van der Waals surface area contributed by atoms with Crippen molar-refractivity contribution in [3.8, 4) is 17.6 Å². The van der Waals surface area contributed by atoms with Gasteiger partial charge in [0.25, 0.3) is 0 Å². The Hall–Kier alpha value is -2.28. The normalized spacial score (nSPS) is 8.60. The molecule has 1 rings (SSSR count). The number of carbonyl (C=O) groups is 2. The van der Waals surface area contributed by atoms with E-state index in [0.29, 0.717) is 11.8 Å². The summed E-state index contributed by atoms with van der Waals surface area (Å²) in [7, 11) is 1.22. The van der Waals surface area contributed by atoms with E-state index >= 15 is 0 Å². The molecule has 0 aliphatic rings. The first-order chi connectivity index (χ1) is 7.19. The molecule has 0 bridgehead atoms. The highest BCUT2D eigenvalue weighted by atomic mass is 16.5. The van der Waals surface area contributed by atoms with Crippen LogP contribution in [0.15, 0.2) is 18.2 Å². The molecule has 0 atom stereocenters. The predicted molar refractivity (Wildman–Crippen MR) is 52.4 cm³/mol. The van der Waals surface area contributed by atoms with Crippen LogP contribution in [-0.2, 0) is 9.53 Å². The molecular weight excluding hydrogens is 196 g/mol. The number of ether oxygens (including phenoxy) is 1. The molecule has 0 radical (unpaired) electrons. The largest absolute Gasteiger partial charge is 0.507 e. The van der Waals surface area contributed by atoms with Gasteiger partial charge in [0.15, 0.2) is 6.29 Å². The Bertz CT molecular complexity index is 451. The van der Waals surface area contributed by atoms with Gasteiger partial charge in [0, 0.05) is 5.56 Å². The number of methoxy groups -OCH3 is 1. The molecule has 0 heterocycles. The molecule has 0 aliphatic carbocycles. The van der Waals surface area contributed by atoms with Crippen molar-refractivity contribution in [2.75, 3.05) is 7.11 Å². The van der Waals surface area contributed by atoms with Crippen LogP contribution in [0.5, 0.6) is 5.75 Å². The van der Waals surface area contributed by atoms with Crippen LogP contribution in [0.2, 0.25) is 0 Å². The minimum atomic E-state index is -0.623. The lowest BCUT2D eigenvalue weighted by molar-refractivity contribution is -0.103. The number of phenolic OH excluding ortho intramolecular Hbond substituents is 1. The van der Waals surface area contributed by atoms with Crippen LogP contribution in [0.3, 0.4) is 0 Å². The zero-order valence-corrected chi connectivity index (χ0v) is 7.98. The maximum absolute atomic E-state index is 11.1. The fraction of sp³-hybridized carbons (Fsp3) is 0.0909. The summed E-state index contributed by atoms with van der Waals surface area (Å²) in [6, 6.07) is 4.20. The van der Waals surface area contributed by atoms with Gasteiger partial charge in [-0.1, -0.05) is 5.92 Å². The molecule has 0 aliphatic heterocycles. The average Bonchev–Trinajstić information content (AvgIpc) is 2.25. The van der Waals surface area contributed by atoms with Gasteiger partial charge in [-0.15, -0.1) is 0 Å². The number of hydrogen-bond donors (Lipinski definition) is 1. The number of phenols is 1. The lowest BCUT2D eigenvalue weighted by Gasteiger charge is -2.01. The second kappa shape index (κ2) is 4.82. The summed E-state index contributed by atoms with van der Waals surface area (Å²) >= 11 is 0. The molecule has 0 saturated heterocycles. The number of carbonyl (C=O) groups excluding carboxylic acids is 2. The van der Waals surface area contributed by atoms with Gasteiger partial charge < -0.3 is 9.84 Å². The van der Waals surface area contributed by atoms with E-state index in [-0.39, 0.29) is 11.3 Å². The van der Waals surface area contributed by atoms with Crippen LogP contribution in [0.4, 0.5) is 0 Å². The number of benzene rings is 1. The second-order valence-electron chi connectivity index (χ2n) is 2.61. The first kappa shape index (κ1) is 10.8. The maximum atomic E-state index is 11.1. The van der Waals surface area contributed by atoms with E-state index in [0.717, 1.165) is 0 Å². The van der Waals surface area contributed by atoms with Crippen molar-refractivity contribution in [2.45, 2.75) is 0 Å². The van der Waals surface area contributed by atoms with Crippen molar-refractivity contribution >= 4 is 12.3 Å². The van der Waals surface area contributed by atoms with E-state index in [2.05, 4.69) is 16.6 Å². The van der Waals surface area contributed by atoms with Gasteiger partial charge in [-0.2, -0.15) is 0 Å². The predicted octanol–water partition coefficient (Wildman–Crippen LogP) is 0.729. The molecule has 1 aromatic rings. The summed E-state index contributed by atoms with van der Waals surface area (Å²) < 4.78 is 4.45. The SMILES string of the molecule is COC(=O)c1ccc(C#CC=O)cc1O. The first-order valence-electron chi connectivity index (χ1n) is 4.05. The quantitative estimate of drug-likeness (QED) is 0.416. The molecule has 0 amide bonds. The molecule has 1 aromatic carbocycles. The molecular formula is C11H8O4. The summed E-state index contributed by atoms with van der Waals surface area (Å²) in [5, 5.41) is 9.44. The fourth-order valence-corrected chi connectivity index (χ4v) is 1.00. The number of rotatable bonds is 1. The van der Waals surface area contributed by atoms with E-state index in [4.69, 9.17) is 0 Å². The second-order valence-corrected chi connectivity index (χ2v) is 2.61. The van der Waals surface area contributed by atoms with Crippen LogP contribution in [0.25, 0.3) is 0 Å². The molecule has 0 aromatic heterocycles. The fourth-order valence-electron chi connectivity index (χ4n) is 1.00. The van der Waals surface area contributed by atoms with Crippen LogP contribution in [0, 0.1) is 11.8 Å². The van der Waals surface area contributed by atoms with Gasteiger partial charge >= 0.3 is 5.97 Å². The van der Waals surface area contributed by atoms with Crippen molar-refractivity contribution < 1.29 is 19.4 Å². The van der Waals surface area contributed by atoms with E-state index in [9.17, 15) is 14.7 Å². The van der Waals surface area contributed by atoms with E-state index in [1.807, 2.05) is 0 Å². The van der Waals surface area contributed by atoms with Crippen molar-refractivity contribution in [3.05, 3.63) is 29.3 Å². The van der Waals surface area contributed by atoms with Gasteiger partial charge in [-0.05, 0) is 24.1 Å². The third-order valence-electron chi connectivity index (χ3n) is 1.68. The van der Waals surface area contributed by atoms with Crippen molar-refractivity contribution in [2.24, 2.45) is 0 Å². The number of aldehydes is 1. The molecule has 76 valence electrons. The maximum Gasteiger partial charge on any atom is 0.341 e. The highest BCUT2D eigenvalue weighted by Gasteiger charge is 2.10. The van der Waals surface area contributed by atoms with Gasteiger partial charge in [-0.3, -0.25) is 4.79 Å². The topological polar surface area (TPSA) is 63.6 Å². The highest BCUT2D eigenvalue weighted by molar-refractivity contribution is 5.92. The average molecular weight is 204 g/mol. The van der Waals surface area contributed by atoms with Crippen LogP contribution >= 0.6 is 0 Å². The zero-order chi connectivity index (χ0) is 11.3. The Labute approximate surface area is 86.5 Å². The Morgan fingerprint density at radius 1 is 1.53 bits per heavy atom. The molecule has 0 saturated carbocycles. The summed E-state index contributed by atoms with van der Waals surface area (Å²) in [6.07, 6.45) is 0.450. The number of aromatic hydroxyl groups is 1. The van der Waals surface area contributed by atoms with Crippen molar-refractivity contribution in [1.29, 1.82) is 0 Å². The minimum absolute atomic E-state index is 0.0640. The highest BCUT2D eigenvalue weighted by Crippen LogP contribution is 2.18. The molecule has 4 nitrogen and oxygen atoms in total. The summed E-state index contributed by atoms with van der Waals surface area (Å²) in [5.74, 6) is 3.84. The zero-order valence-electron chi connectivity index (χ0n) is 7.98. The van der Waals surface area contributed by atoms with Gasteiger partial charge in [0.1, 0.15) is 11.3 Å². The van der Waals surface area contributed by atoms with Gasteiger partial charge in [-0.25, -0.2) is 4.79 Å². The van der Waals surface area contributed by atoms with Gasteiger partial charge in [0.05, 0.1) is 7.11 Å². The minimum Gasteiger partial charge on any atom is -0.507 e. The number of hydrogen-bond acceptors (Lipinski definition) is 4. The summed E-state index contributed by atoms with van der Waals surface area (Å²) in [5.41, 5.74) is 0.515. The molecule has 0 spiro atoms. The first-order valence-corrected chi connectivity index (χ1v) is 4.05. The standard InChI is InChI=1S/C11H8O4/c1-15-11(14)9-5-4-8(3-2-6-12)7-10(9)13/h4-7,13H,1H3. The Morgan fingerprint density at radius 2 is 2.27 bits per heavy atom. The van der Waals surface area contributed by atoms with Crippen molar-refractivity contribution in [3.63, 3.8) is 0 Å². The molecule has 0 unspecified atom stereocenters. The molecule has 1 N–H and O–H groups in total. The Kier molecular flexibility index (Phi) is 3.47. The monoisotopic (exact) mass is 204 g/mol. The van der Waals surface area contributed by atoms with E-state index < -0.39 is 5.97 Å². The Balaban J connectivity index is 3.08. The van der Waals surface area contributed by atoms with Gasteiger partial charge in [0.2, 0.25) is 0 Å².